The van der Waals surface area contributed by atoms with Crippen molar-refractivity contribution >= 4 is 45.7 Å². The van der Waals surface area contributed by atoms with E-state index in [9.17, 15) is 4.79 Å². The standard InChI is InChI=1S/C21H18ClNOS/c1-13(25-17-10-8-16(22)9-11-17)21(24)23-19-12-7-15-6-5-14-3-2-4-18(19)20(14)15/h2-4,7-13H,5-6H2,1H3,(H,23,24)/t13-/m0/s1. The van der Waals surface area contributed by atoms with E-state index in [2.05, 4.69) is 29.6 Å². The van der Waals surface area contributed by atoms with Gasteiger partial charge in [-0.2, -0.15) is 0 Å². The zero-order valence-corrected chi connectivity index (χ0v) is 15.5. The second-order valence-electron chi connectivity index (χ2n) is 6.32. The van der Waals surface area contributed by atoms with Crippen LogP contribution in [0.5, 0.6) is 0 Å². The first-order valence-corrected chi connectivity index (χ1v) is 9.64. The van der Waals surface area contributed by atoms with Crippen LogP contribution >= 0.6 is 23.4 Å². The number of hydrogen-bond acceptors (Lipinski definition) is 2. The summed E-state index contributed by atoms with van der Waals surface area (Å²) < 4.78 is 0. The van der Waals surface area contributed by atoms with E-state index in [1.807, 2.05) is 37.3 Å². The normalized spacial score (nSPS) is 13.8. The van der Waals surface area contributed by atoms with Gasteiger partial charge in [0.2, 0.25) is 5.91 Å². The van der Waals surface area contributed by atoms with Crippen LogP contribution in [0.2, 0.25) is 5.02 Å². The zero-order chi connectivity index (χ0) is 17.4. The molecule has 0 heterocycles. The lowest BCUT2D eigenvalue weighted by atomic mass is 10.0. The van der Waals surface area contributed by atoms with Crippen LogP contribution in [0.25, 0.3) is 10.8 Å². The molecule has 0 aliphatic heterocycles. The van der Waals surface area contributed by atoms with Crippen molar-refractivity contribution in [2.24, 2.45) is 0 Å². The molecule has 3 aromatic rings. The molecule has 0 radical (unpaired) electrons. The fourth-order valence-electron chi connectivity index (χ4n) is 3.36. The number of carbonyl (C=O) groups excluding carboxylic acids is 1. The molecular formula is C21H18ClNOS. The SMILES string of the molecule is C[C@H](Sc1ccc(Cl)cc1)C(=O)Nc1ccc2c3c(cccc13)CC2. The van der Waals surface area contributed by atoms with Gasteiger partial charge in [-0.25, -0.2) is 0 Å². The molecule has 0 saturated heterocycles. The number of nitrogens with one attached hydrogen (secondary N) is 1. The molecule has 4 heteroatoms. The predicted octanol–water partition coefficient (Wildman–Crippen LogP) is 5.71. The van der Waals surface area contributed by atoms with Crippen molar-refractivity contribution in [2.75, 3.05) is 5.32 Å². The number of amides is 1. The third kappa shape index (κ3) is 3.26. The van der Waals surface area contributed by atoms with Crippen molar-refractivity contribution in [3.8, 4) is 0 Å². The fraction of sp³-hybridized carbons (Fsp3) is 0.190. The van der Waals surface area contributed by atoms with Crippen LogP contribution in [0, 0.1) is 0 Å². The quantitative estimate of drug-likeness (QED) is 0.598. The van der Waals surface area contributed by atoms with Crippen LogP contribution in [0.1, 0.15) is 18.1 Å². The highest BCUT2D eigenvalue weighted by molar-refractivity contribution is 8.00. The van der Waals surface area contributed by atoms with E-state index in [0.717, 1.165) is 28.8 Å². The van der Waals surface area contributed by atoms with Gasteiger partial charge >= 0.3 is 0 Å². The minimum absolute atomic E-state index is 0.0126. The van der Waals surface area contributed by atoms with Crippen LogP contribution in [-0.2, 0) is 17.6 Å². The van der Waals surface area contributed by atoms with E-state index >= 15 is 0 Å². The van der Waals surface area contributed by atoms with Gasteiger partial charge in [-0.1, -0.05) is 35.9 Å². The molecule has 0 unspecified atom stereocenters. The Balaban J connectivity index is 1.55. The summed E-state index contributed by atoms with van der Waals surface area (Å²) in [6, 6.07) is 18.1. The first kappa shape index (κ1) is 16.5. The van der Waals surface area contributed by atoms with E-state index < -0.39 is 0 Å². The van der Waals surface area contributed by atoms with Gasteiger partial charge in [0, 0.05) is 21.0 Å². The number of hydrogen-bond donors (Lipinski definition) is 1. The summed E-state index contributed by atoms with van der Waals surface area (Å²) in [4.78, 5) is 13.7. The van der Waals surface area contributed by atoms with Gasteiger partial charge in [-0.3, -0.25) is 4.79 Å². The Morgan fingerprint density at radius 2 is 1.76 bits per heavy atom. The smallest absolute Gasteiger partial charge is 0.237 e. The van der Waals surface area contributed by atoms with Gasteiger partial charge in [-0.05, 0) is 66.6 Å². The number of aryl methyl sites for hydroxylation is 2. The van der Waals surface area contributed by atoms with Crippen molar-refractivity contribution < 1.29 is 4.79 Å². The Bertz CT molecular complexity index is 942. The highest BCUT2D eigenvalue weighted by Crippen LogP contribution is 2.35. The van der Waals surface area contributed by atoms with Crippen LogP contribution in [0.4, 0.5) is 5.69 Å². The molecule has 0 aromatic heterocycles. The summed E-state index contributed by atoms with van der Waals surface area (Å²) in [6.07, 6.45) is 2.18. The maximum atomic E-state index is 12.7. The molecule has 1 atom stereocenters. The van der Waals surface area contributed by atoms with Crippen molar-refractivity contribution in [2.45, 2.75) is 29.9 Å². The minimum atomic E-state index is -0.191. The topological polar surface area (TPSA) is 29.1 Å². The third-order valence-corrected chi connectivity index (χ3v) is 5.99. The van der Waals surface area contributed by atoms with E-state index in [0.29, 0.717) is 5.02 Å². The number of halogens is 1. The van der Waals surface area contributed by atoms with Gasteiger partial charge in [0.15, 0.2) is 0 Å². The predicted molar refractivity (Wildman–Crippen MR) is 107 cm³/mol. The summed E-state index contributed by atoms with van der Waals surface area (Å²) in [5.74, 6) is 0.0126. The number of benzene rings is 3. The van der Waals surface area contributed by atoms with Gasteiger partial charge in [0.05, 0.1) is 5.25 Å². The Hall–Kier alpha value is -1.97. The Morgan fingerprint density at radius 3 is 2.52 bits per heavy atom. The van der Waals surface area contributed by atoms with Gasteiger partial charge in [0.1, 0.15) is 0 Å². The Morgan fingerprint density at radius 1 is 1.04 bits per heavy atom. The maximum absolute atomic E-state index is 12.7. The largest absolute Gasteiger partial charge is 0.325 e. The molecule has 126 valence electrons. The zero-order valence-electron chi connectivity index (χ0n) is 13.9. The summed E-state index contributed by atoms with van der Waals surface area (Å²) >= 11 is 7.45. The lowest BCUT2D eigenvalue weighted by Crippen LogP contribution is -2.22. The Labute approximate surface area is 156 Å². The molecule has 1 amide bonds. The third-order valence-electron chi connectivity index (χ3n) is 4.63. The lowest BCUT2D eigenvalue weighted by molar-refractivity contribution is -0.115. The molecule has 2 nitrogen and oxygen atoms in total. The number of carbonyl (C=O) groups is 1. The summed E-state index contributed by atoms with van der Waals surface area (Å²) in [5.41, 5.74) is 3.66. The number of thioether (sulfide) groups is 1. The van der Waals surface area contributed by atoms with Crippen molar-refractivity contribution in [1.82, 2.24) is 0 Å². The Kier molecular flexibility index (Phi) is 4.45. The maximum Gasteiger partial charge on any atom is 0.237 e. The lowest BCUT2D eigenvalue weighted by Gasteiger charge is -2.14. The first-order chi connectivity index (χ1) is 12.1. The second-order valence-corrected chi connectivity index (χ2v) is 8.17. The van der Waals surface area contributed by atoms with E-state index in [1.165, 1.54) is 28.3 Å². The first-order valence-electron chi connectivity index (χ1n) is 8.38. The average Bonchev–Trinajstić information content (AvgIpc) is 3.04. The molecule has 1 aliphatic rings. The monoisotopic (exact) mass is 367 g/mol. The van der Waals surface area contributed by atoms with Crippen molar-refractivity contribution in [3.05, 3.63) is 70.7 Å². The molecule has 0 spiro atoms. The molecule has 25 heavy (non-hydrogen) atoms. The van der Waals surface area contributed by atoms with E-state index in [4.69, 9.17) is 11.6 Å². The molecule has 3 aromatic carbocycles. The molecule has 1 N–H and O–H groups in total. The number of anilines is 1. The van der Waals surface area contributed by atoms with Gasteiger partial charge in [-0.15, -0.1) is 11.8 Å². The van der Waals surface area contributed by atoms with Crippen molar-refractivity contribution in [3.63, 3.8) is 0 Å². The molecule has 0 bridgehead atoms. The van der Waals surface area contributed by atoms with Crippen LogP contribution in [-0.4, -0.2) is 11.2 Å². The summed E-state index contributed by atoms with van der Waals surface area (Å²) in [7, 11) is 0. The molecule has 0 fully saturated rings. The fourth-order valence-corrected chi connectivity index (χ4v) is 4.35. The van der Waals surface area contributed by atoms with Crippen LogP contribution in [0.3, 0.4) is 0 Å². The van der Waals surface area contributed by atoms with E-state index in [1.54, 1.807) is 0 Å². The second kappa shape index (κ2) is 6.74. The molecule has 4 rings (SSSR count). The van der Waals surface area contributed by atoms with Crippen molar-refractivity contribution in [1.29, 1.82) is 0 Å². The molecular weight excluding hydrogens is 350 g/mol. The average molecular weight is 368 g/mol. The molecule has 0 saturated carbocycles. The van der Waals surface area contributed by atoms with Gasteiger partial charge < -0.3 is 5.32 Å². The van der Waals surface area contributed by atoms with Crippen LogP contribution < -0.4 is 5.32 Å². The molecule has 1 aliphatic carbocycles. The number of rotatable bonds is 4. The van der Waals surface area contributed by atoms with Crippen LogP contribution in [0.15, 0.2) is 59.5 Å². The summed E-state index contributed by atoms with van der Waals surface area (Å²) in [6.45, 7) is 1.93. The highest BCUT2D eigenvalue weighted by atomic mass is 35.5. The van der Waals surface area contributed by atoms with E-state index in [-0.39, 0.29) is 11.2 Å². The summed E-state index contributed by atoms with van der Waals surface area (Å²) in [5, 5.41) is 6.09. The minimum Gasteiger partial charge on any atom is -0.325 e. The highest BCUT2D eigenvalue weighted by Gasteiger charge is 2.19. The van der Waals surface area contributed by atoms with Gasteiger partial charge in [0.25, 0.3) is 0 Å².